The molecular weight excluding hydrogens is 492 g/mol. The number of hydrogen-bond acceptors (Lipinski definition) is 6. The van der Waals surface area contributed by atoms with Crippen LogP contribution in [-0.2, 0) is 31.2 Å². The lowest BCUT2D eigenvalue weighted by molar-refractivity contribution is -0.129. The van der Waals surface area contributed by atoms with Gasteiger partial charge in [0.05, 0.1) is 0 Å². The molecule has 0 saturated carbocycles. The predicted molar refractivity (Wildman–Crippen MR) is 137 cm³/mol. The van der Waals surface area contributed by atoms with Gasteiger partial charge in [-0.25, -0.2) is 9.59 Å². The number of amides is 6. The van der Waals surface area contributed by atoms with E-state index in [1.54, 1.807) is 0 Å². The van der Waals surface area contributed by atoms with Crippen LogP contribution in [0, 0.1) is 0 Å². The fraction of sp³-hybridized carbons (Fsp3) is 0.826. The van der Waals surface area contributed by atoms with Gasteiger partial charge in [0, 0.05) is 68.8 Å². The molecule has 10 nitrogen and oxygen atoms in total. The van der Waals surface area contributed by atoms with Crippen LogP contribution < -0.4 is 0 Å². The molecule has 0 N–H and O–H groups in total. The Morgan fingerprint density at radius 3 is 1.29 bits per heavy atom. The average molecular weight is 533 g/mol. The fourth-order valence-electron chi connectivity index (χ4n) is 4.32. The molecule has 12 heteroatoms. The standard InChI is InChI=1S/C23H40N4O6S2/c1-7-24-16-18(28)26(20(24)30)22(3,4)10-14-34(32)12-9-13-35(33)15-11-23(5,6)27-19(29)17-25(8-2)21(27)31/h7-17H2,1-6H3. The highest BCUT2D eigenvalue weighted by Crippen LogP contribution is 2.27. The molecule has 0 bridgehead atoms. The molecule has 6 amide bonds. The Morgan fingerprint density at radius 1 is 0.657 bits per heavy atom. The van der Waals surface area contributed by atoms with Crippen molar-refractivity contribution in [2.75, 3.05) is 49.2 Å². The largest absolute Gasteiger partial charge is 0.327 e. The molecule has 0 radical (unpaired) electrons. The first kappa shape index (κ1) is 29.4. The lowest BCUT2D eigenvalue weighted by Gasteiger charge is -2.33. The Morgan fingerprint density at radius 2 is 1.00 bits per heavy atom. The molecule has 0 spiro atoms. The molecule has 0 aromatic heterocycles. The first-order valence-electron chi connectivity index (χ1n) is 12.2. The van der Waals surface area contributed by atoms with E-state index in [-0.39, 0.29) is 37.0 Å². The monoisotopic (exact) mass is 532 g/mol. The number of imide groups is 2. The number of hydrogen-bond donors (Lipinski definition) is 0. The molecule has 2 rings (SSSR count). The van der Waals surface area contributed by atoms with Crippen molar-refractivity contribution in [2.24, 2.45) is 0 Å². The second-order valence-corrected chi connectivity index (χ2v) is 13.6. The maximum Gasteiger partial charge on any atom is 0.327 e. The molecule has 2 fully saturated rings. The highest BCUT2D eigenvalue weighted by molar-refractivity contribution is 7.85. The molecule has 0 aromatic carbocycles. The van der Waals surface area contributed by atoms with Crippen LogP contribution in [0.15, 0.2) is 0 Å². The van der Waals surface area contributed by atoms with E-state index in [2.05, 4.69) is 0 Å². The second-order valence-electron chi connectivity index (χ2n) is 10.2. The number of likely N-dealkylation sites (N-methyl/N-ethyl adjacent to an activating group) is 2. The van der Waals surface area contributed by atoms with Crippen molar-refractivity contribution in [3.8, 4) is 0 Å². The maximum atomic E-state index is 12.5. The number of carbonyl (C=O) groups is 4. The normalized spacial score (nSPS) is 19.4. The molecule has 2 heterocycles. The predicted octanol–water partition coefficient (Wildman–Crippen LogP) is 1.78. The van der Waals surface area contributed by atoms with E-state index in [0.717, 1.165) is 0 Å². The quantitative estimate of drug-likeness (QED) is 0.315. The van der Waals surface area contributed by atoms with Gasteiger partial charge < -0.3 is 9.80 Å². The number of rotatable bonds is 14. The van der Waals surface area contributed by atoms with Crippen molar-refractivity contribution in [3.63, 3.8) is 0 Å². The van der Waals surface area contributed by atoms with E-state index in [1.807, 2.05) is 41.5 Å². The summed E-state index contributed by atoms with van der Waals surface area (Å²) < 4.78 is 25.0. The Hall–Kier alpha value is -1.82. The first-order valence-corrected chi connectivity index (χ1v) is 15.2. The van der Waals surface area contributed by atoms with Crippen molar-refractivity contribution in [1.29, 1.82) is 0 Å². The van der Waals surface area contributed by atoms with Crippen LogP contribution in [0.3, 0.4) is 0 Å². The van der Waals surface area contributed by atoms with Gasteiger partial charge in [-0.15, -0.1) is 0 Å². The van der Waals surface area contributed by atoms with Crippen molar-refractivity contribution >= 4 is 45.5 Å². The van der Waals surface area contributed by atoms with Crippen LogP contribution >= 0.6 is 0 Å². The van der Waals surface area contributed by atoms with Gasteiger partial charge in [-0.3, -0.25) is 27.8 Å². The first-order chi connectivity index (χ1) is 16.2. The van der Waals surface area contributed by atoms with Crippen LogP contribution in [0.5, 0.6) is 0 Å². The summed E-state index contributed by atoms with van der Waals surface area (Å²) in [6.07, 6.45) is 1.38. The van der Waals surface area contributed by atoms with Gasteiger partial charge in [0.15, 0.2) is 0 Å². The summed E-state index contributed by atoms with van der Waals surface area (Å²) >= 11 is 0. The van der Waals surface area contributed by atoms with Crippen LogP contribution in [0.1, 0.15) is 60.8 Å². The van der Waals surface area contributed by atoms with Crippen molar-refractivity contribution < 1.29 is 27.6 Å². The van der Waals surface area contributed by atoms with Crippen LogP contribution in [-0.4, -0.2) is 112 Å². The minimum atomic E-state index is -1.15. The third-order valence-corrected chi connectivity index (χ3v) is 9.48. The average Bonchev–Trinajstić information content (AvgIpc) is 3.24. The van der Waals surface area contributed by atoms with E-state index in [1.165, 1.54) is 19.6 Å². The number of nitrogens with zero attached hydrogens (tertiary/aromatic N) is 4. The Balaban J connectivity index is 1.74. The summed E-state index contributed by atoms with van der Waals surface area (Å²) in [4.78, 5) is 55.0. The van der Waals surface area contributed by atoms with Gasteiger partial charge in [0.2, 0.25) is 0 Å². The number of carbonyl (C=O) groups excluding carboxylic acids is 4. The minimum absolute atomic E-state index is 0.0847. The fourth-order valence-corrected chi connectivity index (χ4v) is 7.30. The summed E-state index contributed by atoms with van der Waals surface area (Å²) in [6.45, 7) is 12.0. The number of urea groups is 2. The van der Waals surface area contributed by atoms with E-state index in [9.17, 15) is 27.6 Å². The summed E-state index contributed by atoms with van der Waals surface area (Å²) in [5.41, 5.74) is -1.44. The Kier molecular flexibility index (Phi) is 10.0. The summed E-state index contributed by atoms with van der Waals surface area (Å²) in [7, 11) is -2.31. The molecular formula is C23H40N4O6S2. The van der Waals surface area contributed by atoms with Crippen LogP contribution in [0.25, 0.3) is 0 Å². The van der Waals surface area contributed by atoms with Gasteiger partial charge >= 0.3 is 12.1 Å². The zero-order chi connectivity index (χ0) is 26.6. The zero-order valence-corrected chi connectivity index (χ0v) is 23.5. The van der Waals surface area contributed by atoms with E-state index in [0.29, 0.717) is 55.4 Å². The molecule has 35 heavy (non-hydrogen) atoms. The summed E-state index contributed by atoms with van der Waals surface area (Å²) in [6, 6.07) is -0.599. The van der Waals surface area contributed by atoms with Gasteiger partial charge in [-0.1, -0.05) is 0 Å². The Labute approximate surface area is 213 Å². The summed E-state index contributed by atoms with van der Waals surface area (Å²) in [5, 5.41) is 0. The molecule has 2 saturated heterocycles. The van der Waals surface area contributed by atoms with E-state index in [4.69, 9.17) is 0 Å². The van der Waals surface area contributed by atoms with Crippen molar-refractivity contribution in [1.82, 2.24) is 19.6 Å². The smallest absolute Gasteiger partial charge is 0.315 e. The van der Waals surface area contributed by atoms with Gasteiger partial charge in [0.1, 0.15) is 13.1 Å². The summed E-state index contributed by atoms with van der Waals surface area (Å²) in [5.74, 6) is 1.02. The van der Waals surface area contributed by atoms with Gasteiger partial charge in [-0.05, 0) is 60.8 Å². The second kappa shape index (κ2) is 11.9. The molecule has 2 unspecified atom stereocenters. The Bertz CT molecular complexity index is 821. The topological polar surface area (TPSA) is 115 Å². The molecule has 2 atom stereocenters. The molecule has 0 aromatic rings. The molecule has 2 aliphatic rings. The maximum absolute atomic E-state index is 12.5. The lowest BCUT2D eigenvalue weighted by atomic mass is 10.00. The SMILES string of the molecule is CCN1CC(=O)N(C(C)(C)CCS(=O)CCCS(=O)CCC(C)(C)N2C(=O)CN(CC)C2=O)C1=O. The third kappa shape index (κ3) is 7.12. The molecule has 0 aliphatic carbocycles. The highest BCUT2D eigenvalue weighted by Gasteiger charge is 2.45. The van der Waals surface area contributed by atoms with Crippen LogP contribution in [0.2, 0.25) is 0 Å². The van der Waals surface area contributed by atoms with E-state index < -0.39 is 32.7 Å². The minimum Gasteiger partial charge on any atom is -0.315 e. The third-order valence-electron chi connectivity index (χ3n) is 6.68. The lowest BCUT2D eigenvalue weighted by Crippen LogP contribution is -2.49. The highest BCUT2D eigenvalue weighted by atomic mass is 32.2. The zero-order valence-electron chi connectivity index (χ0n) is 21.8. The van der Waals surface area contributed by atoms with E-state index >= 15 is 0 Å². The van der Waals surface area contributed by atoms with Crippen molar-refractivity contribution in [3.05, 3.63) is 0 Å². The van der Waals surface area contributed by atoms with Crippen molar-refractivity contribution in [2.45, 2.75) is 71.9 Å². The van der Waals surface area contributed by atoms with Gasteiger partial charge in [0.25, 0.3) is 11.8 Å². The molecule has 2 aliphatic heterocycles. The van der Waals surface area contributed by atoms with Gasteiger partial charge in [-0.2, -0.15) is 0 Å². The molecule has 200 valence electrons. The van der Waals surface area contributed by atoms with Crippen LogP contribution in [0.4, 0.5) is 9.59 Å².